The Bertz CT molecular complexity index is 173. The molecule has 0 radical (unpaired) electrons. The van der Waals surface area contributed by atoms with E-state index in [4.69, 9.17) is 11.5 Å². The van der Waals surface area contributed by atoms with Crippen molar-refractivity contribution in [3.05, 3.63) is 0 Å². The second-order valence-corrected chi connectivity index (χ2v) is 3.94. The van der Waals surface area contributed by atoms with Crippen molar-refractivity contribution in [1.82, 2.24) is 4.90 Å². The highest BCUT2D eigenvalue weighted by Crippen LogP contribution is 1.99. The molecule has 1 amide bonds. The first kappa shape index (κ1) is 13.4. The Balaban J connectivity index is 4.03. The molecule has 0 aromatic heterocycles. The molecule has 1 unspecified atom stereocenters. The molecule has 1 atom stereocenters. The van der Waals surface area contributed by atoms with Crippen LogP contribution >= 0.6 is 0 Å². The molecule has 0 heterocycles. The van der Waals surface area contributed by atoms with Crippen LogP contribution in [0.15, 0.2) is 0 Å². The first-order valence-electron chi connectivity index (χ1n) is 4.84. The zero-order valence-corrected chi connectivity index (χ0v) is 8.94. The van der Waals surface area contributed by atoms with E-state index in [-0.39, 0.29) is 19.0 Å². The Hall–Kier alpha value is -0.650. The van der Waals surface area contributed by atoms with Gasteiger partial charge in [-0.3, -0.25) is 9.69 Å². The molecule has 14 heavy (non-hydrogen) atoms. The van der Waals surface area contributed by atoms with Crippen LogP contribution in [0.2, 0.25) is 0 Å². The first-order chi connectivity index (χ1) is 6.45. The molecule has 0 bridgehead atoms. The zero-order chi connectivity index (χ0) is 11.1. The summed E-state index contributed by atoms with van der Waals surface area (Å²) in [5, 5.41) is 9.34. The molecule has 0 rings (SSSR count). The monoisotopic (exact) mass is 203 g/mol. The van der Waals surface area contributed by atoms with E-state index in [0.29, 0.717) is 12.5 Å². The van der Waals surface area contributed by atoms with E-state index in [1.165, 1.54) is 0 Å². The maximum atomic E-state index is 10.7. The van der Waals surface area contributed by atoms with Gasteiger partial charge in [-0.1, -0.05) is 13.8 Å². The molecule has 5 nitrogen and oxygen atoms in total. The number of primary amides is 1. The molecule has 0 aliphatic heterocycles. The summed E-state index contributed by atoms with van der Waals surface area (Å²) >= 11 is 0. The summed E-state index contributed by atoms with van der Waals surface area (Å²) in [6, 6.07) is 0. The lowest BCUT2D eigenvalue weighted by atomic mass is 10.2. The van der Waals surface area contributed by atoms with Gasteiger partial charge in [-0.25, -0.2) is 0 Å². The van der Waals surface area contributed by atoms with E-state index in [1.807, 2.05) is 18.7 Å². The van der Waals surface area contributed by atoms with E-state index >= 15 is 0 Å². The van der Waals surface area contributed by atoms with Crippen molar-refractivity contribution in [1.29, 1.82) is 0 Å². The molecule has 0 fully saturated rings. The predicted molar refractivity (Wildman–Crippen MR) is 55.5 cm³/mol. The highest BCUT2D eigenvalue weighted by atomic mass is 16.3. The molecular weight excluding hydrogens is 182 g/mol. The normalized spacial score (nSPS) is 13.6. The number of hydrogen-bond acceptors (Lipinski definition) is 4. The SMILES string of the molecule is CC(C)CN(CC(N)=O)CC(O)CN. The lowest BCUT2D eigenvalue weighted by Crippen LogP contribution is -2.42. The van der Waals surface area contributed by atoms with Gasteiger partial charge in [0, 0.05) is 19.6 Å². The van der Waals surface area contributed by atoms with E-state index < -0.39 is 6.10 Å². The van der Waals surface area contributed by atoms with Crippen molar-refractivity contribution in [3.63, 3.8) is 0 Å². The Kier molecular flexibility index (Phi) is 6.44. The summed E-state index contributed by atoms with van der Waals surface area (Å²) in [5.41, 5.74) is 10.4. The number of aliphatic hydroxyl groups is 1. The lowest BCUT2D eigenvalue weighted by molar-refractivity contribution is -0.119. The third kappa shape index (κ3) is 6.82. The Labute approximate surface area is 85.1 Å². The largest absolute Gasteiger partial charge is 0.390 e. The molecule has 84 valence electrons. The van der Waals surface area contributed by atoms with Gasteiger partial charge in [-0.05, 0) is 5.92 Å². The molecule has 5 N–H and O–H groups in total. The van der Waals surface area contributed by atoms with E-state index in [0.717, 1.165) is 6.54 Å². The van der Waals surface area contributed by atoms with Crippen LogP contribution in [-0.2, 0) is 4.79 Å². The fourth-order valence-electron chi connectivity index (χ4n) is 1.31. The average molecular weight is 203 g/mol. The molecule has 0 aromatic carbocycles. The predicted octanol–water partition coefficient (Wildman–Crippen LogP) is -1.25. The summed E-state index contributed by atoms with van der Waals surface area (Å²) in [6.07, 6.45) is -0.590. The number of nitrogens with zero attached hydrogens (tertiary/aromatic N) is 1. The van der Waals surface area contributed by atoms with Crippen LogP contribution in [0.25, 0.3) is 0 Å². The molecule has 0 aliphatic rings. The number of nitrogens with two attached hydrogens (primary N) is 2. The second kappa shape index (κ2) is 6.75. The molecule has 0 aromatic rings. The second-order valence-electron chi connectivity index (χ2n) is 3.94. The zero-order valence-electron chi connectivity index (χ0n) is 8.94. The van der Waals surface area contributed by atoms with Gasteiger partial charge in [0.1, 0.15) is 0 Å². The van der Waals surface area contributed by atoms with Crippen LogP contribution < -0.4 is 11.5 Å². The van der Waals surface area contributed by atoms with Crippen molar-refractivity contribution < 1.29 is 9.90 Å². The van der Waals surface area contributed by atoms with Gasteiger partial charge in [0.25, 0.3) is 0 Å². The van der Waals surface area contributed by atoms with E-state index in [1.54, 1.807) is 0 Å². The van der Waals surface area contributed by atoms with Gasteiger partial charge < -0.3 is 16.6 Å². The number of rotatable bonds is 7. The minimum absolute atomic E-state index is 0.176. The summed E-state index contributed by atoms with van der Waals surface area (Å²) in [7, 11) is 0. The van der Waals surface area contributed by atoms with Crippen LogP contribution in [0, 0.1) is 5.92 Å². The summed E-state index contributed by atoms with van der Waals surface area (Å²) in [5.74, 6) is 0.0502. The standard InChI is InChI=1S/C9H21N3O2/c1-7(2)4-12(6-9(11)14)5-8(13)3-10/h7-8,13H,3-6,10H2,1-2H3,(H2,11,14). The van der Waals surface area contributed by atoms with Gasteiger partial charge in [-0.15, -0.1) is 0 Å². The van der Waals surface area contributed by atoms with Crippen molar-refractivity contribution in [2.75, 3.05) is 26.2 Å². The Morgan fingerprint density at radius 2 is 2.00 bits per heavy atom. The molecule has 0 saturated heterocycles. The number of amides is 1. The Morgan fingerprint density at radius 3 is 2.36 bits per heavy atom. The van der Waals surface area contributed by atoms with Gasteiger partial charge in [0.2, 0.25) is 5.91 Å². The topological polar surface area (TPSA) is 92.6 Å². The number of carbonyl (C=O) groups is 1. The minimum atomic E-state index is -0.590. The fourth-order valence-corrected chi connectivity index (χ4v) is 1.31. The van der Waals surface area contributed by atoms with Gasteiger partial charge >= 0.3 is 0 Å². The summed E-state index contributed by atoms with van der Waals surface area (Å²) < 4.78 is 0. The van der Waals surface area contributed by atoms with Crippen LogP contribution in [0.3, 0.4) is 0 Å². The summed E-state index contributed by atoms with van der Waals surface area (Å²) in [6.45, 7) is 5.60. The molecule has 0 saturated carbocycles. The molecular formula is C9H21N3O2. The Morgan fingerprint density at radius 1 is 1.43 bits per heavy atom. The highest BCUT2D eigenvalue weighted by Gasteiger charge is 2.13. The van der Waals surface area contributed by atoms with Crippen LogP contribution in [-0.4, -0.2) is 48.2 Å². The molecule has 0 spiro atoms. The first-order valence-corrected chi connectivity index (χ1v) is 4.84. The molecule has 5 heteroatoms. The average Bonchev–Trinajstić information content (AvgIpc) is 2.01. The fraction of sp³-hybridized carbons (Fsp3) is 0.889. The van der Waals surface area contributed by atoms with Gasteiger partial charge in [-0.2, -0.15) is 0 Å². The van der Waals surface area contributed by atoms with Crippen molar-refractivity contribution in [2.45, 2.75) is 20.0 Å². The number of aliphatic hydroxyl groups excluding tert-OH is 1. The number of carbonyl (C=O) groups excluding carboxylic acids is 1. The van der Waals surface area contributed by atoms with Crippen LogP contribution in [0.1, 0.15) is 13.8 Å². The molecule has 0 aliphatic carbocycles. The van der Waals surface area contributed by atoms with Crippen LogP contribution in [0.5, 0.6) is 0 Å². The minimum Gasteiger partial charge on any atom is -0.390 e. The van der Waals surface area contributed by atoms with Gasteiger partial charge in [0.05, 0.1) is 12.6 Å². The van der Waals surface area contributed by atoms with Crippen molar-refractivity contribution >= 4 is 5.91 Å². The quantitative estimate of drug-likeness (QED) is 0.482. The third-order valence-corrected chi connectivity index (χ3v) is 1.74. The van der Waals surface area contributed by atoms with Crippen molar-refractivity contribution in [3.8, 4) is 0 Å². The van der Waals surface area contributed by atoms with Crippen LogP contribution in [0.4, 0.5) is 0 Å². The lowest BCUT2D eigenvalue weighted by Gasteiger charge is -2.24. The van der Waals surface area contributed by atoms with Gasteiger partial charge in [0.15, 0.2) is 0 Å². The maximum absolute atomic E-state index is 10.7. The van der Waals surface area contributed by atoms with E-state index in [2.05, 4.69) is 0 Å². The highest BCUT2D eigenvalue weighted by molar-refractivity contribution is 5.75. The third-order valence-electron chi connectivity index (χ3n) is 1.74. The summed E-state index contributed by atoms with van der Waals surface area (Å²) in [4.78, 5) is 12.6. The maximum Gasteiger partial charge on any atom is 0.231 e. The smallest absolute Gasteiger partial charge is 0.231 e. The van der Waals surface area contributed by atoms with Crippen molar-refractivity contribution in [2.24, 2.45) is 17.4 Å². The van der Waals surface area contributed by atoms with E-state index in [9.17, 15) is 9.90 Å². The number of hydrogen-bond donors (Lipinski definition) is 3.